The van der Waals surface area contributed by atoms with Crippen LogP contribution in [0.1, 0.15) is 36.7 Å². The summed E-state index contributed by atoms with van der Waals surface area (Å²) in [5.41, 5.74) is -2.22. The van der Waals surface area contributed by atoms with E-state index in [0.29, 0.717) is 4.90 Å². The number of nitrogens with zero attached hydrogens (tertiary/aromatic N) is 1. The normalized spacial score (nSPS) is 11.8. The quantitative estimate of drug-likeness (QED) is 0.517. The zero-order valence-electron chi connectivity index (χ0n) is 17.9. The second-order valence-electron chi connectivity index (χ2n) is 7.61. The molecule has 0 bridgehead atoms. The second kappa shape index (κ2) is 9.35. The number of alkyl halides is 3. The van der Waals surface area contributed by atoms with Crippen molar-refractivity contribution in [3.05, 3.63) is 39.9 Å². The third-order valence-corrected chi connectivity index (χ3v) is 4.84. The van der Waals surface area contributed by atoms with Gasteiger partial charge < -0.3 is 14.2 Å². The van der Waals surface area contributed by atoms with Crippen LogP contribution in [0.2, 0.25) is 0 Å². The minimum Gasteiger partial charge on any atom is -0.496 e. The Morgan fingerprint density at radius 2 is 1.59 bits per heavy atom. The number of imide groups is 1. The molecule has 0 aliphatic carbocycles. The van der Waals surface area contributed by atoms with E-state index >= 15 is 0 Å². The largest absolute Gasteiger partial charge is 0.496 e. The molecule has 0 saturated heterocycles. The first-order valence-corrected chi connectivity index (χ1v) is 9.98. The van der Waals surface area contributed by atoms with E-state index in [1.54, 1.807) is 20.8 Å². The number of amides is 2. The summed E-state index contributed by atoms with van der Waals surface area (Å²) in [6.45, 7) is 4.00. The lowest BCUT2D eigenvalue weighted by atomic mass is 9.98. The Morgan fingerprint density at radius 3 is 2.09 bits per heavy atom. The first-order valence-electron chi connectivity index (χ1n) is 9.19. The highest BCUT2D eigenvalue weighted by atomic mass is 79.9. The van der Waals surface area contributed by atoms with E-state index in [1.165, 1.54) is 18.2 Å². The van der Waals surface area contributed by atoms with Crippen LogP contribution in [-0.2, 0) is 20.4 Å². The molecule has 0 aliphatic heterocycles. The molecule has 7 nitrogen and oxygen atoms in total. The van der Waals surface area contributed by atoms with Crippen LogP contribution in [0.25, 0.3) is 10.8 Å². The van der Waals surface area contributed by atoms with Gasteiger partial charge in [-0.1, -0.05) is 6.07 Å². The van der Waals surface area contributed by atoms with E-state index in [9.17, 15) is 27.6 Å². The van der Waals surface area contributed by atoms with Crippen LogP contribution in [0.4, 0.5) is 18.0 Å². The zero-order chi connectivity index (χ0) is 24.4. The number of fused-ring (bicyclic) bond motifs is 1. The molecular weight excluding hydrogens is 499 g/mol. The van der Waals surface area contributed by atoms with Crippen LogP contribution < -0.4 is 4.74 Å². The Labute approximate surface area is 190 Å². The topological polar surface area (TPSA) is 82.1 Å². The fourth-order valence-electron chi connectivity index (χ4n) is 3.01. The molecule has 32 heavy (non-hydrogen) atoms. The van der Waals surface area contributed by atoms with Gasteiger partial charge in [-0.15, -0.1) is 0 Å². The SMILES string of the molecule is COC(=O)N(CC(=O)OC(C)(C)C)C(=O)c1c(Br)ccc2c(C(F)(F)F)c(OC)ccc12. The summed E-state index contributed by atoms with van der Waals surface area (Å²) in [5, 5.41) is -0.416. The molecule has 0 saturated carbocycles. The highest BCUT2D eigenvalue weighted by molar-refractivity contribution is 9.10. The third-order valence-electron chi connectivity index (χ3n) is 4.18. The van der Waals surface area contributed by atoms with Crippen LogP contribution in [0, 0.1) is 0 Å². The van der Waals surface area contributed by atoms with Gasteiger partial charge in [-0.05, 0) is 65.7 Å². The smallest absolute Gasteiger partial charge is 0.420 e. The van der Waals surface area contributed by atoms with E-state index in [4.69, 9.17) is 9.47 Å². The average Bonchev–Trinajstić information content (AvgIpc) is 2.67. The van der Waals surface area contributed by atoms with Crippen LogP contribution in [-0.4, -0.2) is 49.2 Å². The highest BCUT2D eigenvalue weighted by Gasteiger charge is 2.38. The summed E-state index contributed by atoms with van der Waals surface area (Å²) < 4.78 is 55.9. The van der Waals surface area contributed by atoms with Crippen molar-refractivity contribution in [3.63, 3.8) is 0 Å². The molecule has 2 aromatic carbocycles. The summed E-state index contributed by atoms with van der Waals surface area (Å²) in [6, 6.07) is 4.76. The molecular formula is C21H21BrF3NO6. The third kappa shape index (κ3) is 5.50. The van der Waals surface area contributed by atoms with Gasteiger partial charge in [0.05, 0.1) is 19.8 Å². The number of hydrogen-bond donors (Lipinski definition) is 0. The number of ether oxygens (including phenoxy) is 3. The molecule has 0 fully saturated rings. The molecule has 2 aromatic rings. The van der Waals surface area contributed by atoms with Crippen LogP contribution in [0.3, 0.4) is 0 Å². The number of carbonyl (C=O) groups excluding carboxylic acids is 3. The number of carbonyl (C=O) groups is 3. The zero-order valence-corrected chi connectivity index (χ0v) is 19.5. The molecule has 2 rings (SSSR count). The summed E-state index contributed by atoms with van der Waals surface area (Å²) in [4.78, 5) is 38.2. The van der Waals surface area contributed by atoms with Crippen molar-refractivity contribution in [2.45, 2.75) is 32.5 Å². The Bertz CT molecular complexity index is 1060. The predicted molar refractivity (Wildman–Crippen MR) is 112 cm³/mol. The first kappa shape index (κ1) is 25.4. The number of methoxy groups -OCH3 is 2. The average molecular weight is 520 g/mol. The van der Waals surface area contributed by atoms with Gasteiger partial charge in [-0.25, -0.2) is 9.69 Å². The van der Waals surface area contributed by atoms with Crippen LogP contribution >= 0.6 is 15.9 Å². The van der Waals surface area contributed by atoms with E-state index in [1.807, 2.05) is 0 Å². The van der Waals surface area contributed by atoms with Crippen LogP contribution in [0.5, 0.6) is 5.75 Å². The molecule has 0 radical (unpaired) electrons. The maximum Gasteiger partial charge on any atom is 0.420 e. The lowest BCUT2D eigenvalue weighted by molar-refractivity contribution is -0.155. The Kier molecular flexibility index (Phi) is 7.44. The Hall–Kier alpha value is -2.82. The molecule has 0 unspecified atom stereocenters. The molecule has 174 valence electrons. The number of benzene rings is 2. The fourth-order valence-corrected chi connectivity index (χ4v) is 3.52. The van der Waals surface area contributed by atoms with E-state index in [0.717, 1.165) is 20.3 Å². The van der Waals surface area contributed by atoms with Crippen molar-refractivity contribution in [3.8, 4) is 5.75 Å². The van der Waals surface area contributed by atoms with Crippen molar-refractivity contribution in [1.82, 2.24) is 4.90 Å². The molecule has 11 heteroatoms. The summed E-state index contributed by atoms with van der Waals surface area (Å²) in [5.74, 6) is -2.37. The molecule has 0 aliphatic rings. The lowest BCUT2D eigenvalue weighted by Crippen LogP contribution is -2.42. The van der Waals surface area contributed by atoms with Gasteiger partial charge in [-0.2, -0.15) is 13.2 Å². The summed E-state index contributed by atoms with van der Waals surface area (Å²) in [6.07, 6.45) is -5.95. The molecule has 0 spiro atoms. The van der Waals surface area contributed by atoms with Crippen LogP contribution in [0.15, 0.2) is 28.7 Å². The van der Waals surface area contributed by atoms with Gasteiger partial charge in [0.25, 0.3) is 5.91 Å². The minimum atomic E-state index is -4.78. The molecule has 0 heterocycles. The monoisotopic (exact) mass is 519 g/mol. The predicted octanol–water partition coefficient (Wildman–Crippen LogP) is 5.18. The summed E-state index contributed by atoms with van der Waals surface area (Å²) >= 11 is 3.15. The minimum absolute atomic E-state index is 0.101. The van der Waals surface area contributed by atoms with Gasteiger partial charge in [0, 0.05) is 4.47 Å². The summed E-state index contributed by atoms with van der Waals surface area (Å²) in [7, 11) is 2.10. The number of rotatable bonds is 4. The van der Waals surface area contributed by atoms with E-state index < -0.39 is 47.6 Å². The molecule has 0 atom stereocenters. The van der Waals surface area contributed by atoms with Crippen molar-refractivity contribution in [2.75, 3.05) is 20.8 Å². The Balaban J connectivity index is 2.67. The van der Waals surface area contributed by atoms with Gasteiger partial charge in [0.2, 0.25) is 0 Å². The van der Waals surface area contributed by atoms with Crippen molar-refractivity contribution < 1.29 is 41.8 Å². The van der Waals surface area contributed by atoms with Gasteiger partial charge in [0.15, 0.2) is 0 Å². The molecule has 0 aromatic heterocycles. The lowest BCUT2D eigenvalue weighted by Gasteiger charge is -2.24. The maximum absolute atomic E-state index is 13.7. The highest BCUT2D eigenvalue weighted by Crippen LogP contribution is 2.43. The van der Waals surface area contributed by atoms with Gasteiger partial charge >= 0.3 is 18.2 Å². The van der Waals surface area contributed by atoms with Gasteiger partial charge in [0.1, 0.15) is 23.5 Å². The standard InChI is InChI=1S/C21H21BrF3NO6/c1-20(2,3)32-15(27)10-26(19(29)31-5)18(28)16-11-7-9-14(30-4)17(21(23,24)25)12(11)6-8-13(16)22/h6-9H,10H2,1-5H3. The van der Waals surface area contributed by atoms with Gasteiger partial charge in [-0.3, -0.25) is 9.59 Å². The van der Waals surface area contributed by atoms with E-state index in [-0.39, 0.29) is 20.8 Å². The van der Waals surface area contributed by atoms with E-state index in [2.05, 4.69) is 20.7 Å². The second-order valence-corrected chi connectivity index (χ2v) is 8.46. The maximum atomic E-state index is 13.7. The number of hydrogen-bond acceptors (Lipinski definition) is 6. The van der Waals surface area contributed by atoms with Crippen molar-refractivity contribution in [2.24, 2.45) is 0 Å². The van der Waals surface area contributed by atoms with Crippen molar-refractivity contribution >= 4 is 44.7 Å². The molecule has 0 N–H and O–H groups in total. The molecule has 2 amide bonds. The number of halogens is 4. The number of esters is 1. The first-order chi connectivity index (χ1) is 14.7. The van der Waals surface area contributed by atoms with Crippen molar-refractivity contribution in [1.29, 1.82) is 0 Å². The fraction of sp³-hybridized carbons (Fsp3) is 0.381. The Morgan fingerprint density at radius 1 is 1.00 bits per heavy atom.